The zero-order valence-electron chi connectivity index (χ0n) is 15.9. The lowest BCUT2D eigenvalue weighted by Gasteiger charge is -2.28. The van der Waals surface area contributed by atoms with Crippen LogP contribution in [-0.2, 0) is 16.6 Å². The number of nitrogens with one attached hydrogen (secondary N) is 1. The molecule has 0 aromatic heterocycles. The average Bonchev–Trinajstić information content (AvgIpc) is 2.68. The van der Waals surface area contributed by atoms with Gasteiger partial charge in [-0.1, -0.05) is 43.2 Å². The Morgan fingerprint density at radius 2 is 1.71 bits per heavy atom. The highest BCUT2D eigenvalue weighted by molar-refractivity contribution is 7.92. The van der Waals surface area contributed by atoms with Crippen LogP contribution in [0.5, 0.6) is 0 Å². The van der Waals surface area contributed by atoms with Crippen LogP contribution in [0.15, 0.2) is 54.6 Å². The number of carbonyl (C=O) groups excluding carboxylic acids is 1. The number of carbonyl (C=O) groups is 1. The van der Waals surface area contributed by atoms with Gasteiger partial charge in [0.15, 0.2) is 0 Å². The number of aliphatic hydroxyl groups is 1. The van der Waals surface area contributed by atoms with Crippen molar-refractivity contribution in [3.63, 3.8) is 0 Å². The van der Waals surface area contributed by atoms with Crippen molar-refractivity contribution in [2.75, 3.05) is 10.6 Å². The number of hydrogen-bond acceptors (Lipinski definition) is 4. The summed E-state index contributed by atoms with van der Waals surface area (Å²) in [5.41, 5.74) is 1.82. The van der Waals surface area contributed by atoms with E-state index in [0.29, 0.717) is 17.7 Å². The van der Waals surface area contributed by atoms with Crippen LogP contribution in [0.1, 0.15) is 41.6 Å². The first-order valence-corrected chi connectivity index (χ1v) is 11.3. The molecule has 6 nitrogen and oxygen atoms in total. The van der Waals surface area contributed by atoms with E-state index in [1.54, 1.807) is 24.3 Å². The molecular weight excluding hydrogens is 376 g/mol. The molecule has 2 aromatic carbocycles. The lowest BCUT2D eigenvalue weighted by Crippen LogP contribution is -2.45. The maximum Gasteiger partial charge on any atom is 0.251 e. The van der Waals surface area contributed by atoms with Crippen LogP contribution in [-0.4, -0.2) is 37.8 Å². The van der Waals surface area contributed by atoms with Gasteiger partial charge in [-0.2, -0.15) is 0 Å². The predicted octanol–water partition coefficient (Wildman–Crippen LogP) is 2.69. The molecule has 0 unspecified atom stereocenters. The Morgan fingerprint density at radius 3 is 2.32 bits per heavy atom. The lowest BCUT2D eigenvalue weighted by atomic mass is 9.92. The highest BCUT2D eigenvalue weighted by atomic mass is 32.2. The van der Waals surface area contributed by atoms with E-state index < -0.39 is 16.1 Å². The molecule has 150 valence electrons. The first-order valence-electron chi connectivity index (χ1n) is 9.45. The van der Waals surface area contributed by atoms with Gasteiger partial charge in [-0.3, -0.25) is 9.10 Å². The summed E-state index contributed by atoms with van der Waals surface area (Å²) in [6.45, 7) is 0.222. The number of anilines is 1. The van der Waals surface area contributed by atoms with E-state index in [-0.39, 0.29) is 18.5 Å². The van der Waals surface area contributed by atoms with Crippen LogP contribution in [0.4, 0.5) is 5.69 Å². The summed E-state index contributed by atoms with van der Waals surface area (Å²) < 4.78 is 25.9. The van der Waals surface area contributed by atoms with Gasteiger partial charge in [0, 0.05) is 5.56 Å². The van der Waals surface area contributed by atoms with Crippen molar-refractivity contribution in [2.24, 2.45) is 0 Å². The van der Waals surface area contributed by atoms with Crippen LogP contribution in [0.2, 0.25) is 0 Å². The molecule has 1 fully saturated rings. The zero-order chi connectivity index (χ0) is 20.1. The second-order valence-corrected chi connectivity index (χ2v) is 9.14. The van der Waals surface area contributed by atoms with Crippen molar-refractivity contribution < 1.29 is 18.3 Å². The van der Waals surface area contributed by atoms with Crippen LogP contribution in [0.25, 0.3) is 0 Å². The van der Waals surface area contributed by atoms with Crippen molar-refractivity contribution in [3.8, 4) is 0 Å². The Bertz CT molecular complexity index is 898. The zero-order valence-corrected chi connectivity index (χ0v) is 16.7. The second kappa shape index (κ2) is 8.75. The van der Waals surface area contributed by atoms with Gasteiger partial charge in [0.25, 0.3) is 5.91 Å². The maximum atomic E-state index is 12.5. The fourth-order valence-electron chi connectivity index (χ4n) is 3.46. The summed E-state index contributed by atoms with van der Waals surface area (Å²) >= 11 is 0. The molecule has 2 atom stereocenters. The molecule has 2 N–H and O–H groups in total. The average molecular weight is 403 g/mol. The summed E-state index contributed by atoms with van der Waals surface area (Å²) in [5.74, 6) is -0.258. The number of benzene rings is 2. The molecule has 2 aromatic rings. The van der Waals surface area contributed by atoms with Crippen molar-refractivity contribution in [1.29, 1.82) is 0 Å². The van der Waals surface area contributed by atoms with Crippen molar-refractivity contribution >= 4 is 21.6 Å². The Balaban J connectivity index is 1.74. The first-order chi connectivity index (χ1) is 13.3. The Hall–Kier alpha value is -2.38. The largest absolute Gasteiger partial charge is 0.391 e. The van der Waals surface area contributed by atoms with Gasteiger partial charge >= 0.3 is 0 Å². The molecule has 0 radical (unpaired) electrons. The number of aliphatic hydroxyl groups excluding tert-OH is 1. The minimum absolute atomic E-state index is 0.222. The molecule has 1 amide bonds. The predicted molar refractivity (Wildman–Crippen MR) is 110 cm³/mol. The normalized spacial score (nSPS) is 19.8. The Morgan fingerprint density at radius 1 is 1.07 bits per heavy atom. The van der Waals surface area contributed by atoms with Crippen LogP contribution in [0, 0.1) is 0 Å². The lowest BCUT2D eigenvalue weighted by molar-refractivity contribution is 0.0717. The first kappa shape index (κ1) is 20.4. The fourth-order valence-corrected chi connectivity index (χ4v) is 4.35. The molecular formula is C21H26N2O4S. The second-order valence-electron chi connectivity index (χ2n) is 7.23. The highest BCUT2D eigenvalue weighted by Crippen LogP contribution is 2.22. The summed E-state index contributed by atoms with van der Waals surface area (Å²) in [7, 11) is -3.48. The van der Waals surface area contributed by atoms with Gasteiger partial charge in [0.05, 0.1) is 30.6 Å². The number of sulfonamides is 1. The van der Waals surface area contributed by atoms with Gasteiger partial charge in [0.1, 0.15) is 0 Å². The van der Waals surface area contributed by atoms with Crippen molar-refractivity contribution in [1.82, 2.24) is 5.32 Å². The molecule has 0 spiro atoms. The molecule has 1 saturated carbocycles. The third-order valence-corrected chi connectivity index (χ3v) is 6.17. The standard InChI is InChI=1S/C21H26N2O4S/c1-28(26,27)23(15-16-7-3-2-4-8-16)18-13-11-17(12-14-18)21(25)22-19-9-5-6-10-20(19)24/h2-4,7-8,11-14,19-20,24H,5-6,9-10,15H2,1H3,(H,22,25)/t19-,20-/m1/s1. The summed E-state index contributed by atoms with van der Waals surface area (Å²) in [6.07, 6.45) is 4.09. The number of amides is 1. The molecule has 0 saturated heterocycles. The summed E-state index contributed by atoms with van der Waals surface area (Å²) in [4.78, 5) is 12.5. The topological polar surface area (TPSA) is 86.7 Å². The van der Waals surface area contributed by atoms with Crippen LogP contribution in [0.3, 0.4) is 0 Å². The van der Waals surface area contributed by atoms with Gasteiger partial charge in [-0.15, -0.1) is 0 Å². The van der Waals surface area contributed by atoms with Crippen molar-refractivity contribution in [2.45, 2.75) is 44.4 Å². The fraction of sp³-hybridized carbons (Fsp3) is 0.381. The Kier molecular flexibility index (Phi) is 6.36. The molecule has 28 heavy (non-hydrogen) atoms. The van der Waals surface area contributed by atoms with Gasteiger partial charge in [-0.25, -0.2) is 8.42 Å². The van der Waals surface area contributed by atoms with Crippen LogP contribution < -0.4 is 9.62 Å². The quantitative estimate of drug-likeness (QED) is 0.778. The van der Waals surface area contributed by atoms with E-state index >= 15 is 0 Å². The van der Waals surface area contributed by atoms with E-state index in [1.807, 2.05) is 30.3 Å². The van der Waals surface area contributed by atoms with Gasteiger partial charge in [0.2, 0.25) is 10.0 Å². The van der Waals surface area contributed by atoms with E-state index in [1.165, 1.54) is 10.6 Å². The number of hydrogen-bond donors (Lipinski definition) is 2. The smallest absolute Gasteiger partial charge is 0.251 e. The van der Waals surface area contributed by atoms with Crippen molar-refractivity contribution in [3.05, 3.63) is 65.7 Å². The van der Waals surface area contributed by atoms with E-state index in [9.17, 15) is 18.3 Å². The minimum Gasteiger partial charge on any atom is -0.391 e. The maximum absolute atomic E-state index is 12.5. The minimum atomic E-state index is -3.48. The number of rotatable bonds is 6. The number of nitrogens with zero attached hydrogens (tertiary/aromatic N) is 1. The third-order valence-electron chi connectivity index (χ3n) is 5.03. The van der Waals surface area contributed by atoms with Gasteiger partial charge < -0.3 is 10.4 Å². The molecule has 7 heteroatoms. The van der Waals surface area contributed by atoms with E-state index in [2.05, 4.69) is 5.32 Å². The molecule has 1 aliphatic rings. The van der Waals surface area contributed by atoms with E-state index in [0.717, 1.165) is 24.8 Å². The highest BCUT2D eigenvalue weighted by Gasteiger charge is 2.25. The monoisotopic (exact) mass is 402 g/mol. The summed E-state index contributed by atoms with van der Waals surface area (Å²) in [6, 6.07) is 15.6. The molecule has 0 aliphatic heterocycles. The molecule has 3 rings (SSSR count). The third kappa shape index (κ3) is 5.11. The van der Waals surface area contributed by atoms with Gasteiger partial charge in [-0.05, 0) is 42.7 Å². The molecule has 0 heterocycles. The molecule has 1 aliphatic carbocycles. The SMILES string of the molecule is CS(=O)(=O)N(Cc1ccccc1)c1ccc(C(=O)N[C@@H]2CCCC[C@H]2O)cc1. The van der Waals surface area contributed by atoms with E-state index in [4.69, 9.17) is 0 Å². The summed E-state index contributed by atoms with van der Waals surface area (Å²) in [5, 5.41) is 12.9. The van der Waals surface area contributed by atoms with Crippen LogP contribution >= 0.6 is 0 Å². The molecule has 0 bridgehead atoms. The Labute approximate surface area is 166 Å².